The molecule has 0 saturated heterocycles. The van der Waals surface area contributed by atoms with Crippen LogP contribution in [0.2, 0.25) is 0 Å². The third-order valence-electron chi connectivity index (χ3n) is 2.13. The number of benzene rings is 1. The summed E-state index contributed by atoms with van der Waals surface area (Å²) >= 11 is 1.61. The van der Waals surface area contributed by atoms with Crippen molar-refractivity contribution in [1.29, 1.82) is 0 Å². The fourth-order valence-electron chi connectivity index (χ4n) is 1.31. The summed E-state index contributed by atoms with van der Waals surface area (Å²) in [4.78, 5) is 0. The molecule has 3 heteroatoms. The maximum atomic E-state index is 12.7. The third-order valence-corrected chi connectivity index (χ3v) is 2.83. The molecular weight excluding hydrogens is 197 g/mol. The predicted octanol–water partition coefficient (Wildman–Crippen LogP) is 2.94. The zero-order valence-electron chi connectivity index (χ0n) is 7.48. The molecule has 2 aromatic rings. The van der Waals surface area contributed by atoms with E-state index in [2.05, 4.69) is 0 Å². The second kappa shape index (κ2) is 3.90. The quantitative estimate of drug-likeness (QED) is 0.805. The summed E-state index contributed by atoms with van der Waals surface area (Å²) in [6.45, 7) is 0. The molecule has 0 unspecified atom stereocenters. The molecule has 14 heavy (non-hydrogen) atoms. The lowest BCUT2D eigenvalue weighted by molar-refractivity contribution is 0.626. The summed E-state index contributed by atoms with van der Waals surface area (Å²) in [5.74, 6) is -0.230. The molecule has 0 fully saturated rings. The Kier molecular flexibility index (Phi) is 2.61. The smallest absolute Gasteiger partial charge is 0.123 e. The lowest BCUT2D eigenvalue weighted by atomic mass is 10.0. The van der Waals surface area contributed by atoms with E-state index in [0.29, 0.717) is 0 Å². The van der Waals surface area contributed by atoms with Crippen LogP contribution in [0.15, 0.2) is 41.1 Å². The number of hydrogen-bond donors (Lipinski definition) is 1. The first kappa shape index (κ1) is 9.37. The Morgan fingerprint density at radius 1 is 1.07 bits per heavy atom. The van der Waals surface area contributed by atoms with Gasteiger partial charge in [-0.3, -0.25) is 0 Å². The summed E-state index contributed by atoms with van der Waals surface area (Å²) in [6, 6.07) is 8.14. The number of nitrogens with two attached hydrogens (primary N) is 1. The third kappa shape index (κ3) is 1.84. The minimum absolute atomic E-state index is 0.151. The highest BCUT2D eigenvalue weighted by Crippen LogP contribution is 2.21. The first-order chi connectivity index (χ1) is 6.77. The average Bonchev–Trinajstić information content (AvgIpc) is 2.71. The van der Waals surface area contributed by atoms with Crippen molar-refractivity contribution >= 4 is 11.3 Å². The molecule has 2 rings (SSSR count). The zero-order chi connectivity index (χ0) is 9.97. The van der Waals surface area contributed by atoms with Crippen molar-refractivity contribution in [3.05, 3.63) is 58.0 Å². The average molecular weight is 207 g/mol. The minimum atomic E-state index is -0.230. The van der Waals surface area contributed by atoms with Crippen molar-refractivity contribution in [3.63, 3.8) is 0 Å². The van der Waals surface area contributed by atoms with E-state index >= 15 is 0 Å². The molecule has 0 spiro atoms. The van der Waals surface area contributed by atoms with E-state index in [1.807, 2.05) is 16.8 Å². The Morgan fingerprint density at radius 3 is 2.36 bits per heavy atom. The van der Waals surface area contributed by atoms with Crippen LogP contribution in [0.25, 0.3) is 0 Å². The van der Waals surface area contributed by atoms with Gasteiger partial charge in [-0.05, 0) is 40.1 Å². The minimum Gasteiger partial charge on any atom is -0.320 e. The Balaban J connectivity index is 2.28. The molecule has 0 saturated carbocycles. The highest BCUT2D eigenvalue weighted by molar-refractivity contribution is 7.08. The molecule has 72 valence electrons. The van der Waals surface area contributed by atoms with Gasteiger partial charge in [0.1, 0.15) is 5.82 Å². The molecule has 1 aromatic carbocycles. The monoisotopic (exact) mass is 207 g/mol. The highest BCUT2D eigenvalue weighted by atomic mass is 32.1. The van der Waals surface area contributed by atoms with Crippen molar-refractivity contribution in [2.75, 3.05) is 0 Å². The van der Waals surface area contributed by atoms with Crippen molar-refractivity contribution in [2.45, 2.75) is 6.04 Å². The van der Waals surface area contributed by atoms with Gasteiger partial charge in [-0.25, -0.2) is 4.39 Å². The predicted molar refractivity (Wildman–Crippen MR) is 56.7 cm³/mol. The molecule has 1 atom stereocenters. The fraction of sp³-hybridized carbons (Fsp3) is 0.0909. The molecule has 1 aromatic heterocycles. The summed E-state index contributed by atoms with van der Waals surface area (Å²) in [5.41, 5.74) is 8.00. The highest BCUT2D eigenvalue weighted by Gasteiger charge is 2.08. The Bertz CT molecular complexity index is 394. The van der Waals surface area contributed by atoms with Crippen LogP contribution in [0.3, 0.4) is 0 Å². The van der Waals surface area contributed by atoms with Gasteiger partial charge < -0.3 is 5.73 Å². The number of hydrogen-bond acceptors (Lipinski definition) is 2. The number of rotatable bonds is 2. The van der Waals surface area contributed by atoms with Crippen LogP contribution in [-0.4, -0.2) is 0 Å². The molecule has 0 amide bonds. The molecule has 1 nitrogen and oxygen atoms in total. The van der Waals surface area contributed by atoms with Gasteiger partial charge in [-0.2, -0.15) is 11.3 Å². The normalized spacial score (nSPS) is 12.7. The van der Waals surface area contributed by atoms with Crippen LogP contribution in [0.5, 0.6) is 0 Å². The van der Waals surface area contributed by atoms with Crippen LogP contribution in [0.1, 0.15) is 17.2 Å². The lowest BCUT2D eigenvalue weighted by Crippen LogP contribution is -2.10. The Hall–Kier alpha value is -1.19. The molecule has 1 heterocycles. The van der Waals surface area contributed by atoms with E-state index in [0.717, 1.165) is 11.1 Å². The fourth-order valence-corrected chi connectivity index (χ4v) is 2.01. The molecule has 0 aliphatic rings. The summed E-state index contributed by atoms with van der Waals surface area (Å²) < 4.78 is 12.7. The van der Waals surface area contributed by atoms with E-state index in [-0.39, 0.29) is 11.9 Å². The van der Waals surface area contributed by atoms with Crippen LogP contribution >= 0.6 is 11.3 Å². The molecular formula is C11H10FNS. The number of halogens is 1. The second-order valence-corrected chi connectivity index (χ2v) is 3.87. The molecule has 0 bridgehead atoms. The van der Waals surface area contributed by atoms with E-state index < -0.39 is 0 Å². The van der Waals surface area contributed by atoms with E-state index in [9.17, 15) is 4.39 Å². The molecule has 0 radical (unpaired) electrons. The Morgan fingerprint density at radius 2 is 1.79 bits per heavy atom. The maximum absolute atomic E-state index is 12.7. The SMILES string of the molecule is N[C@@H](c1ccc(F)cc1)c1ccsc1. The van der Waals surface area contributed by atoms with Crippen molar-refractivity contribution in [3.8, 4) is 0 Å². The topological polar surface area (TPSA) is 26.0 Å². The van der Waals surface area contributed by atoms with Gasteiger partial charge in [0.2, 0.25) is 0 Å². The summed E-state index contributed by atoms with van der Waals surface area (Å²) in [5, 5.41) is 3.99. The van der Waals surface area contributed by atoms with Gasteiger partial charge in [0.15, 0.2) is 0 Å². The Labute approximate surface area is 86.0 Å². The van der Waals surface area contributed by atoms with Crippen LogP contribution in [-0.2, 0) is 0 Å². The summed E-state index contributed by atoms with van der Waals surface area (Å²) in [6.07, 6.45) is 0. The molecule has 0 aliphatic carbocycles. The van der Waals surface area contributed by atoms with Gasteiger partial charge in [0.05, 0.1) is 6.04 Å². The second-order valence-electron chi connectivity index (χ2n) is 3.09. The first-order valence-electron chi connectivity index (χ1n) is 4.30. The van der Waals surface area contributed by atoms with Crippen molar-refractivity contribution in [2.24, 2.45) is 5.73 Å². The molecule has 0 aliphatic heterocycles. The summed E-state index contributed by atoms with van der Waals surface area (Å²) in [7, 11) is 0. The van der Waals surface area contributed by atoms with Gasteiger partial charge in [-0.1, -0.05) is 12.1 Å². The lowest BCUT2D eigenvalue weighted by Gasteiger charge is -2.09. The van der Waals surface area contributed by atoms with E-state index in [1.54, 1.807) is 23.5 Å². The maximum Gasteiger partial charge on any atom is 0.123 e. The zero-order valence-corrected chi connectivity index (χ0v) is 8.30. The largest absolute Gasteiger partial charge is 0.320 e. The van der Waals surface area contributed by atoms with Gasteiger partial charge in [0.25, 0.3) is 0 Å². The van der Waals surface area contributed by atoms with Crippen LogP contribution in [0, 0.1) is 5.82 Å². The molecule has 2 N–H and O–H groups in total. The van der Waals surface area contributed by atoms with Crippen molar-refractivity contribution in [1.82, 2.24) is 0 Å². The van der Waals surface area contributed by atoms with E-state index in [4.69, 9.17) is 5.73 Å². The van der Waals surface area contributed by atoms with Gasteiger partial charge in [-0.15, -0.1) is 0 Å². The van der Waals surface area contributed by atoms with Gasteiger partial charge in [0, 0.05) is 0 Å². The van der Waals surface area contributed by atoms with Crippen LogP contribution < -0.4 is 5.73 Å². The van der Waals surface area contributed by atoms with E-state index in [1.165, 1.54) is 12.1 Å². The van der Waals surface area contributed by atoms with Crippen molar-refractivity contribution < 1.29 is 4.39 Å². The van der Waals surface area contributed by atoms with Crippen LogP contribution in [0.4, 0.5) is 4.39 Å². The number of thiophene rings is 1. The van der Waals surface area contributed by atoms with Gasteiger partial charge >= 0.3 is 0 Å². The standard InChI is InChI=1S/C11H10FNS/c12-10-3-1-8(2-4-10)11(13)9-5-6-14-7-9/h1-7,11H,13H2/t11-/m0/s1. The first-order valence-corrected chi connectivity index (χ1v) is 5.25.